The van der Waals surface area contributed by atoms with Gasteiger partial charge in [0.1, 0.15) is 51.7 Å². The van der Waals surface area contributed by atoms with Crippen molar-refractivity contribution in [3.8, 4) is 62.9 Å². The first-order valence-electron chi connectivity index (χ1n) is 25.4. The van der Waals surface area contributed by atoms with Crippen molar-refractivity contribution in [2.24, 2.45) is 0 Å². The second-order valence-electron chi connectivity index (χ2n) is 22.3. The maximum absolute atomic E-state index is 7.30. The number of hydrogen-bond acceptors (Lipinski definition) is 9. The first kappa shape index (κ1) is 55.5. The van der Waals surface area contributed by atoms with E-state index in [0.29, 0.717) is 62.9 Å². The monoisotopic (exact) mass is 1070 g/mol. The first-order valence-corrected chi connectivity index (χ1v) is 28.7. The third-order valence-corrected chi connectivity index (χ3v) is 15.2. The highest BCUT2D eigenvalue weighted by molar-refractivity contribution is 7.43. The van der Waals surface area contributed by atoms with Crippen LogP contribution in [0.15, 0.2) is 200 Å². The molecule has 0 aliphatic heterocycles. The van der Waals surface area contributed by atoms with Crippen molar-refractivity contribution in [2.45, 2.75) is 105 Å². The molecule has 0 bridgehead atoms. The van der Waals surface area contributed by atoms with E-state index in [-0.39, 0.29) is 21.7 Å². The lowest BCUT2D eigenvalue weighted by Gasteiger charge is -2.30. The van der Waals surface area contributed by atoms with Gasteiger partial charge >= 0.3 is 25.8 Å². The van der Waals surface area contributed by atoms with E-state index in [1.165, 1.54) is 11.1 Å². The van der Waals surface area contributed by atoms with Crippen LogP contribution in [0.3, 0.4) is 0 Å². The van der Waals surface area contributed by atoms with Crippen LogP contribution in [-0.2, 0) is 21.7 Å². The predicted octanol–water partition coefficient (Wildman–Crippen LogP) is 19.8. The molecule has 8 aromatic carbocycles. The smallest absolute Gasteiger partial charge is 0.409 e. The fraction of sp³-hybridized carbons (Fsp3) is 0.250. The van der Waals surface area contributed by atoms with Crippen LogP contribution in [0.25, 0.3) is 11.1 Å². The molecule has 0 radical (unpaired) electrons. The summed E-state index contributed by atoms with van der Waals surface area (Å²) in [5, 5.41) is 0. The molecule has 0 saturated carbocycles. The van der Waals surface area contributed by atoms with Gasteiger partial charge in [-0.2, -0.15) is 0 Å². The Morgan fingerprint density at radius 3 is 0.882 bits per heavy atom. The van der Waals surface area contributed by atoms with E-state index in [1.54, 1.807) is 0 Å². The van der Waals surface area contributed by atoms with Crippen LogP contribution in [0, 0.1) is 0 Å². The molecule has 9 nitrogen and oxygen atoms in total. The van der Waals surface area contributed by atoms with Gasteiger partial charge in [0.15, 0.2) is 0 Å². The summed E-state index contributed by atoms with van der Waals surface area (Å²) in [7, 11) is -6.57. The Morgan fingerprint density at radius 1 is 0.250 bits per heavy atom. The van der Waals surface area contributed by atoms with Crippen molar-refractivity contribution in [1.29, 1.82) is 0 Å². The van der Waals surface area contributed by atoms with Crippen LogP contribution in [0.1, 0.15) is 105 Å². The van der Waals surface area contributed by atoms with Crippen LogP contribution in [-0.4, -0.2) is 0 Å². The number of hydrogen-bond donors (Lipinski definition) is 0. The molecule has 0 fully saturated rings. The summed E-state index contributed by atoms with van der Waals surface area (Å²) in [6.45, 7) is 26.4. The molecule has 0 aromatic heterocycles. The van der Waals surface area contributed by atoms with Crippen LogP contribution in [0.2, 0.25) is 0 Å². The SMILES string of the molecule is CC(C)(C)c1ccc(OP(Oc2ccc(C(C)(C)C)cc2C(C)(C)C)Oc2cccc(OP(Oc3ccccc3)Oc3ccccc3)c2-c2ccccc2OP(Oc2ccccc2)Oc2ccccc2)c(C(C)(C)C)c1. The molecule has 0 unspecified atom stereocenters. The second kappa shape index (κ2) is 24.1. The van der Waals surface area contributed by atoms with Crippen LogP contribution in [0.5, 0.6) is 51.7 Å². The lowest BCUT2D eigenvalue weighted by molar-refractivity contribution is 0.374. The van der Waals surface area contributed by atoms with E-state index in [2.05, 4.69) is 107 Å². The van der Waals surface area contributed by atoms with Gasteiger partial charge in [0, 0.05) is 16.7 Å². The largest absolute Gasteiger partial charge is 0.530 e. The van der Waals surface area contributed by atoms with Crippen molar-refractivity contribution in [2.75, 3.05) is 0 Å². The van der Waals surface area contributed by atoms with E-state index in [9.17, 15) is 0 Å². The molecule has 0 spiro atoms. The normalized spacial score (nSPS) is 12.0. The van der Waals surface area contributed by atoms with E-state index in [4.69, 9.17) is 40.7 Å². The average Bonchev–Trinajstić information content (AvgIpc) is 3.38. The predicted molar refractivity (Wildman–Crippen MR) is 312 cm³/mol. The maximum atomic E-state index is 7.30. The molecule has 0 aliphatic carbocycles. The van der Waals surface area contributed by atoms with Crippen molar-refractivity contribution >= 4 is 25.8 Å². The molecule has 0 amide bonds. The minimum atomic E-state index is -2.30. The molecule has 8 rings (SSSR count). The van der Waals surface area contributed by atoms with E-state index in [0.717, 1.165) is 11.1 Å². The highest BCUT2D eigenvalue weighted by atomic mass is 31.2. The maximum Gasteiger partial charge on any atom is 0.530 e. The summed E-state index contributed by atoms with van der Waals surface area (Å²) in [4.78, 5) is 0. The lowest BCUT2D eigenvalue weighted by Crippen LogP contribution is -2.19. The molecular weight excluding hydrogens is 1010 g/mol. The zero-order chi connectivity index (χ0) is 54.1. The van der Waals surface area contributed by atoms with Gasteiger partial charge in [0.2, 0.25) is 0 Å². The van der Waals surface area contributed by atoms with Gasteiger partial charge < -0.3 is 40.7 Å². The number of rotatable bonds is 19. The van der Waals surface area contributed by atoms with Crippen LogP contribution >= 0.6 is 25.8 Å². The van der Waals surface area contributed by atoms with Crippen LogP contribution in [0.4, 0.5) is 0 Å². The zero-order valence-corrected chi connectivity index (χ0v) is 48.3. The molecular formula is C64H69O9P3. The first-order chi connectivity index (χ1) is 36.2. The average molecular weight is 1080 g/mol. The summed E-state index contributed by atoms with van der Waals surface area (Å²) in [6, 6.07) is 63.9. The van der Waals surface area contributed by atoms with Gasteiger partial charge in [-0.05, 0) is 112 Å². The Hall–Kier alpha value is -6.75. The molecule has 394 valence electrons. The molecule has 0 heterocycles. The van der Waals surface area contributed by atoms with Gasteiger partial charge in [0.25, 0.3) is 0 Å². The van der Waals surface area contributed by atoms with Crippen molar-refractivity contribution in [3.63, 3.8) is 0 Å². The summed E-state index contributed by atoms with van der Waals surface area (Å²) in [6.07, 6.45) is 0. The molecule has 8 aromatic rings. The summed E-state index contributed by atoms with van der Waals surface area (Å²) in [5.74, 6) is 4.73. The van der Waals surface area contributed by atoms with Gasteiger partial charge in [0.05, 0.1) is 5.56 Å². The Balaban J connectivity index is 1.30. The number of para-hydroxylation sites is 5. The summed E-state index contributed by atoms with van der Waals surface area (Å²) < 4.78 is 61.6. The molecule has 12 heteroatoms. The molecule has 0 N–H and O–H groups in total. The Labute approximate surface area is 454 Å². The highest BCUT2D eigenvalue weighted by Crippen LogP contribution is 2.56. The topological polar surface area (TPSA) is 83.1 Å². The lowest BCUT2D eigenvalue weighted by atomic mass is 9.80. The van der Waals surface area contributed by atoms with Gasteiger partial charge in [-0.3, -0.25) is 0 Å². The molecule has 0 aliphatic rings. The van der Waals surface area contributed by atoms with Crippen molar-refractivity contribution in [1.82, 2.24) is 0 Å². The molecule has 0 atom stereocenters. The third kappa shape index (κ3) is 15.0. The van der Waals surface area contributed by atoms with E-state index in [1.807, 2.05) is 176 Å². The van der Waals surface area contributed by atoms with Gasteiger partial charge in [-0.15, -0.1) is 0 Å². The Morgan fingerprint density at radius 2 is 0.539 bits per heavy atom. The third-order valence-electron chi connectivity index (χ3n) is 12.0. The fourth-order valence-corrected chi connectivity index (χ4v) is 10.9. The summed E-state index contributed by atoms with van der Waals surface area (Å²) in [5.41, 5.74) is 4.66. The minimum Gasteiger partial charge on any atom is -0.409 e. The Kier molecular flexibility index (Phi) is 17.6. The fourth-order valence-electron chi connectivity index (χ4n) is 7.84. The number of benzene rings is 8. The Bertz CT molecular complexity index is 2970. The van der Waals surface area contributed by atoms with Crippen molar-refractivity contribution in [3.05, 3.63) is 222 Å². The van der Waals surface area contributed by atoms with Crippen molar-refractivity contribution < 1.29 is 40.7 Å². The summed E-state index contributed by atoms with van der Waals surface area (Å²) >= 11 is 0. The van der Waals surface area contributed by atoms with Gasteiger partial charge in [-0.25, -0.2) is 0 Å². The quantitative estimate of drug-likeness (QED) is 0.0735. The second-order valence-corrected chi connectivity index (χ2v) is 25.3. The van der Waals surface area contributed by atoms with Gasteiger partial charge in [-0.1, -0.05) is 204 Å². The standard InChI is InChI=1S/C64H69O9P3/c1-61(2,3)46-40-42-56(53(44-46)63(7,8)9)70-76(71-57-43-41-47(62(4,5)6)45-54(57)64(10,11)12)73-59-39-27-38-58(72-75(67-50-32-21-15-22-33-50)68-51-34-23-16-24-35-51)60(59)52-36-25-26-37-55(52)69-74(65-48-28-17-13-18-29-48)66-49-30-19-14-20-31-49/h13-45H,1-12H3. The zero-order valence-electron chi connectivity index (χ0n) is 45.6. The van der Waals surface area contributed by atoms with E-state index < -0.39 is 25.8 Å². The van der Waals surface area contributed by atoms with E-state index >= 15 is 0 Å². The molecule has 76 heavy (non-hydrogen) atoms. The van der Waals surface area contributed by atoms with Crippen LogP contribution < -0.4 is 40.7 Å². The molecule has 0 saturated heterocycles. The highest BCUT2D eigenvalue weighted by Gasteiger charge is 2.34. The minimum absolute atomic E-state index is 0.107.